The first-order valence-electron chi connectivity index (χ1n) is 10.8. The summed E-state index contributed by atoms with van der Waals surface area (Å²) in [5, 5.41) is 8.41. The van der Waals surface area contributed by atoms with Crippen LogP contribution in [0.3, 0.4) is 0 Å². The van der Waals surface area contributed by atoms with E-state index in [1.54, 1.807) is 36.4 Å². The molecule has 5 rings (SSSR count). The van der Waals surface area contributed by atoms with Gasteiger partial charge in [0.2, 0.25) is 0 Å². The summed E-state index contributed by atoms with van der Waals surface area (Å²) in [5.74, 6) is -0.437. The second-order valence-electron chi connectivity index (χ2n) is 8.37. The molecule has 0 bridgehead atoms. The van der Waals surface area contributed by atoms with Crippen molar-refractivity contribution in [2.45, 2.75) is 6.42 Å². The molecule has 2 aromatic carbocycles. The topological polar surface area (TPSA) is 82.1 Å². The molecule has 3 heterocycles. The Morgan fingerprint density at radius 3 is 2.52 bits per heavy atom. The third kappa shape index (κ3) is 4.24. The average Bonchev–Trinajstić information content (AvgIpc) is 2.82. The molecule has 170 valence electrons. The average molecular weight is 468 g/mol. The van der Waals surface area contributed by atoms with E-state index in [0.29, 0.717) is 54.0 Å². The van der Waals surface area contributed by atoms with Gasteiger partial charge in [-0.15, -0.1) is 0 Å². The first-order chi connectivity index (χ1) is 15.9. The van der Waals surface area contributed by atoms with Gasteiger partial charge in [-0.3, -0.25) is 0 Å². The van der Waals surface area contributed by atoms with Gasteiger partial charge < -0.3 is 0 Å². The Morgan fingerprint density at radius 1 is 1.00 bits per heavy atom. The predicted molar refractivity (Wildman–Crippen MR) is 128 cm³/mol. The second-order valence-corrected chi connectivity index (χ2v) is 12.0. The van der Waals surface area contributed by atoms with E-state index < -0.39 is 19.3 Å². The summed E-state index contributed by atoms with van der Waals surface area (Å²) in [7, 11) is -3.07. The number of halogens is 2. The maximum atomic E-state index is 14.9. The molecular weight excluding hydrogens is 445 g/mol. The van der Waals surface area contributed by atoms with Crippen LogP contribution in [0.4, 0.5) is 14.6 Å². The number of H-pyrrole nitrogens is 1. The maximum absolute atomic E-state index is 14.9. The van der Waals surface area contributed by atoms with E-state index >= 15 is 0 Å². The van der Waals surface area contributed by atoms with Gasteiger partial charge in [0.1, 0.15) is 0 Å². The van der Waals surface area contributed by atoms with E-state index in [9.17, 15) is 18.5 Å². The van der Waals surface area contributed by atoms with Crippen molar-refractivity contribution in [1.82, 2.24) is 15.2 Å². The van der Waals surface area contributed by atoms with Gasteiger partial charge in [-0.05, 0) is 0 Å². The first-order valence-corrected chi connectivity index (χ1v) is 13.1. The Balaban J connectivity index is 1.40. The molecule has 0 radical (unpaired) electrons. The van der Waals surface area contributed by atoms with Crippen LogP contribution in [0, 0.1) is 11.8 Å². The zero-order chi connectivity index (χ0) is 23.0. The number of nitrogens with zero attached hydrogens (tertiary/aromatic N) is 3. The SMILES string of the molecule is O=c1[nH]nc(Cc2ccc(F)c([PH]3(O)CCN(c4cccc(F)n4)CC3)c2)c2ccccc12. The molecule has 0 spiro atoms. The first kappa shape index (κ1) is 21.6. The molecule has 2 N–H and O–H groups in total. The minimum atomic E-state index is -3.07. The van der Waals surface area contributed by atoms with Crippen LogP contribution in [0.2, 0.25) is 0 Å². The normalized spacial score (nSPS) is 16.6. The molecule has 6 nitrogen and oxygen atoms in total. The molecule has 2 aromatic heterocycles. The number of rotatable bonds is 4. The number of aromatic nitrogens is 3. The van der Waals surface area contributed by atoms with Gasteiger partial charge in [-0.1, -0.05) is 0 Å². The third-order valence-electron chi connectivity index (χ3n) is 6.29. The molecule has 1 aliphatic heterocycles. The number of anilines is 1. The van der Waals surface area contributed by atoms with Gasteiger partial charge >= 0.3 is 189 Å². The van der Waals surface area contributed by atoms with Gasteiger partial charge in [0.25, 0.3) is 0 Å². The second kappa shape index (κ2) is 8.61. The van der Waals surface area contributed by atoms with Crippen LogP contribution in [-0.4, -0.2) is 45.5 Å². The van der Waals surface area contributed by atoms with Crippen molar-refractivity contribution in [3.05, 3.63) is 94.0 Å². The van der Waals surface area contributed by atoms with E-state index in [1.165, 1.54) is 12.1 Å². The standard InChI is InChI=1S/C24H23F2N4O2P/c25-19-9-8-16(14-20-17-4-1-2-5-18(17)24(31)29-28-20)15-21(19)33(32)12-10-30(11-13-33)23-7-3-6-22(26)27-23/h1-9,15,32-33H,10-14H2,(H,29,31). The van der Waals surface area contributed by atoms with E-state index in [-0.39, 0.29) is 5.56 Å². The number of hydrogen-bond donors (Lipinski definition) is 2. The van der Waals surface area contributed by atoms with Crippen LogP contribution < -0.4 is 15.8 Å². The van der Waals surface area contributed by atoms with Crippen molar-refractivity contribution in [1.29, 1.82) is 0 Å². The van der Waals surface area contributed by atoms with Crippen molar-refractivity contribution in [2.75, 3.05) is 30.3 Å². The van der Waals surface area contributed by atoms with Crippen LogP contribution in [0.1, 0.15) is 11.3 Å². The molecule has 0 aliphatic carbocycles. The molecule has 1 saturated heterocycles. The summed E-state index contributed by atoms with van der Waals surface area (Å²) in [6, 6.07) is 16.7. The molecule has 9 heteroatoms. The fourth-order valence-corrected chi connectivity index (χ4v) is 7.54. The Hall–Kier alpha value is -3.22. The summed E-state index contributed by atoms with van der Waals surface area (Å²) in [4.78, 5) is 29.3. The zero-order valence-electron chi connectivity index (χ0n) is 17.8. The number of nitrogens with one attached hydrogen (secondary N) is 1. The van der Waals surface area contributed by atoms with E-state index in [4.69, 9.17) is 0 Å². The summed E-state index contributed by atoms with van der Waals surface area (Å²) in [5.41, 5.74) is 1.24. The fraction of sp³-hybridized carbons (Fsp3) is 0.208. The Bertz CT molecular complexity index is 1390. The van der Waals surface area contributed by atoms with Crippen molar-refractivity contribution in [2.24, 2.45) is 0 Å². The van der Waals surface area contributed by atoms with Crippen LogP contribution in [-0.2, 0) is 6.42 Å². The molecule has 1 fully saturated rings. The molecule has 1 aliphatic rings. The summed E-state index contributed by atoms with van der Waals surface area (Å²) in [6.45, 7) is 0.962. The number of hydrogen-bond acceptors (Lipinski definition) is 5. The van der Waals surface area contributed by atoms with Crippen molar-refractivity contribution < 1.29 is 13.7 Å². The van der Waals surface area contributed by atoms with Crippen LogP contribution in [0.5, 0.6) is 0 Å². The number of benzene rings is 2. The monoisotopic (exact) mass is 468 g/mol. The predicted octanol–water partition coefficient (Wildman–Crippen LogP) is 2.99. The molecule has 0 atom stereocenters. The van der Waals surface area contributed by atoms with Gasteiger partial charge in [-0.2, -0.15) is 0 Å². The zero-order valence-corrected chi connectivity index (χ0v) is 18.8. The fourth-order valence-electron chi connectivity index (χ4n) is 4.49. The van der Waals surface area contributed by atoms with E-state index in [1.807, 2.05) is 17.0 Å². The van der Waals surface area contributed by atoms with Crippen LogP contribution in [0.25, 0.3) is 10.8 Å². The summed E-state index contributed by atoms with van der Waals surface area (Å²) < 4.78 is 28.3. The number of pyridine rings is 1. The molecule has 0 amide bonds. The molecular formula is C24H23F2N4O2P. The minimum absolute atomic E-state index is 0.254. The van der Waals surface area contributed by atoms with Gasteiger partial charge in [0.15, 0.2) is 0 Å². The van der Waals surface area contributed by atoms with Crippen molar-refractivity contribution in [3.63, 3.8) is 0 Å². The Labute approximate surface area is 189 Å². The van der Waals surface area contributed by atoms with E-state index in [2.05, 4.69) is 15.2 Å². The summed E-state index contributed by atoms with van der Waals surface area (Å²) >= 11 is 0. The molecule has 33 heavy (non-hydrogen) atoms. The Morgan fingerprint density at radius 2 is 1.76 bits per heavy atom. The third-order valence-corrected chi connectivity index (χ3v) is 9.78. The quantitative estimate of drug-likeness (QED) is 0.356. The number of fused-ring (bicyclic) bond motifs is 1. The number of aromatic amines is 1. The van der Waals surface area contributed by atoms with Gasteiger partial charge in [0, 0.05) is 0 Å². The van der Waals surface area contributed by atoms with Crippen LogP contribution in [0.15, 0.2) is 65.5 Å². The molecule has 0 unspecified atom stereocenters. The molecule has 4 aromatic rings. The Kier molecular flexibility index (Phi) is 5.64. The van der Waals surface area contributed by atoms with Gasteiger partial charge in [0.05, 0.1) is 0 Å². The summed E-state index contributed by atoms with van der Waals surface area (Å²) in [6.07, 6.45) is 1.24. The van der Waals surface area contributed by atoms with Crippen molar-refractivity contribution in [3.8, 4) is 0 Å². The van der Waals surface area contributed by atoms with E-state index in [0.717, 1.165) is 10.9 Å². The van der Waals surface area contributed by atoms with Gasteiger partial charge in [-0.25, -0.2) is 0 Å². The van der Waals surface area contributed by atoms with Crippen LogP contribution >= 0.6 is 7.49 Å². The van der Waals surface area contributed by atoms with Crippen molar-refractivity contribution >= 4 is 29.4 Å². The molecule has 0 saturated carbocycles.